The van der Waals surface area contributed by atoms with E-state index in [-0.39, 0.29) is 12.3 Å². The molecule has 0 aromatic heterocycles. The summed E-state index contributed by atoms with van der Waals surface area (Å²) in [5, 5.41) is 3.87. The normalized spacial score (nSPS) is 20.4. The molecule has 1 aromatic rings. The molecular formula is C29H39NO4. The van der Waals surface area contributed by atoms with Crippen molar-refractivity contribution in [2.24, 2.45) is 5.92 Å². The van der Waals surface area contributed by atoms with Gasteiger partial charge in [0.1, 0.15) is 5.76 Å². The highest BCUT2D eigenvalue weighted by Gasteiger charge is 2.41. The minimum Gasteiger partial charge on any atom is -0.469 e. The highest BCUT2D eigenvalue weighted by atomic mass is 16.7. The quantitative estimate of drug-likeness (QED) is 0.332. The molecule has 5 nitrogen and oxygen atoms in total. The summed E-state index contributed by atoms with van der Waals surface area (Å²) in [5.41, 5.74) is 6.59. The van der Waals surface area contributed by atoms with Crippen LogP contribution in [-0.2, 0) is 25.4 Å². The summed E-state index contributed by atoms with van der Waals surface area (Å²) < 4.78 is 16.2. The van der Waals surface area contributed by atoms with Crippen LogP contribution in [0, 0.1) is 38.5 Å². The number of allylic oxidation sites excluding steroid dienone is 3. The highest BCUT2D eigenvalue weighted by Crippen LogP contribution is 2.40. The standard InChI is InChI=1S/C29H39NO4/c1-7-33-28(31)16-13-23-17-20(2)26(22(4)21(23)3)18-25-14-15-27(34-19-32-6)29(5,30-25)24-11-9-8-10-12-24/h14-15,17,24,30H,7-12,18-19H2,1-6H3. The van der Waals surface area contributed by atoms with Crippen molar-refractivity contribution in [2.75, 3.05) is 20.5 Å². The Morgan fingerprint density at radius 3 is 2.56 bits per heavy atom. The second kappa shape index (κ2) is 11.6. The molecule has 34 heavy (non-hydrogen) atoms. The Labute approximate surface area is 204 Å². The van der Waals surface area contributed by atoms with Crippen molar-refractivity contribution >= 4 is 5.97 Å². The van der Waals surface area contributed by atoms with Crippen LogP contribution in [0.15, 0.2) is 29.7 Å². The lowest BCUT2D eigenvalue weighted by atomic mass is 9.73. The van der Waals surface area contributed by atoms with Crippen molar-refractivity contribution < 1.29 is 19.0 Å². The summed E-state index contributed by atoms with van der Waals surface area (Å²) in [5.74, 6) is 6.59. The third-order valence-corrected chi connectivity index (χ3v) is 7.32. The number of rotatable bonds is 7. The maximum absolute atomic E-state index is 11.7. The number of ether oxygens (including phenoxy) is 3. The zero-order valence-corrected chi connectivity index (χ0v) is 21.6. The van der Waals surface area contributed by atoms with Gasteiger partial charge in [0, 0.05) is 30.7 Å². The maximum Gasteiger partial charge on any atom is 0.384 e. The molecule has 5 heteroatoms. The SMILES string of the molecule is CCOC(=O)C#Cc1cc(C)c(CC2=CC=C(OCOC)C(C)(C3CCCCC3)N2)c(C)c1C. The van der Waals surface area contributed by atoms with E-state index in [9.17, 15) is 4.79 Å². The Morgan fingerprint density at radius 1 is 1.15 bits per heavy atom. The van der Waals surface area contributed by atoms with E-state index in [4.69, 9.17) is 14.2 Å². The summed E-state index contributed by atoms with van der Waals surface area (Å²) in [6.45, 7) is 11.0. The van der Waals surface area contributed by atoms with Gasteiger partial charge in [0.2, 0.25) is 0 Å². The number of esters is 1. The molecule has 1 aromatic carbocycles. The van der Waals surface area contributed by atoms with Crippen LogP contribution in [-0.4, -0.2) is 32.0 Å². The van der Waals surface area contributed by atoms with E-state index in [0.29, 0.717) is 12.5 Å². The van der Waals surface area contributed by atoms with Crippen molar-refractivity contribution in [3.63, 3.8) is 0 Å². The van der Waals surface area contributed by atoms with Gasteiger partial charge in [-0.15, -0.1) is 0 Å². The zero-order chi connectivity index (χ0) is 24.7. The highest BCUT2D eigenvalue weighted by molar-refractivity contribution is 5.89. The fourth-order valence-electron chi connectivity index (χ4n) is 5.21. The van der Waals surface area contributed by atoms with E-state index in [0.717, 1.165) is 23.3 Å². The van der Waals surface area contributed by atoms with Crippen LogP contribution in [0.1, 0.15) is 73.8 Å². The largest absolute Gasteiger partial charge is 0.469 e. The minimum atomic E-state index is -0.488. The van der Waals surface area contributed by atoms with Gasteiger partial charge in [-0.2, -0.15) is 0 Å². The van der Waals surface area contributed by atoms with E-state index >= 15 is 0 Å². The van der Waals surface area contributed by atoms with Crippen molar-refractivity contribution in [1.82, 2.24) is 5.32 Å². The average Bonchev–Trinajstić information content (AvgIpc) is 2.83. The molecule has 1 fully saturated rings. The summed E-state index contributed by atoms with van der Waals surface area (Å²) >= 11 is 0. The van der Waals surface area contributed by atoms with Crippen LogP contribution in [0.25, 0.3) is 0 Å². The number of aryl methyl sites for hydroxylation is 1. The minimum absolute atomic E-state index is 0.245. The Hall–Kier alpha value is -2.71. The first kappa shape index (κ1) is 25.9. The predicted octanol–water partition coefficient (Wildman–Crippen LogP) is 5.40. The molecule has 1 atom stereocenters. The molecule has 1 aliphatic carbocycles. The fourth-order valence-corrected chi connectivity index (χ4v) is 5.21. The third kappa shape index (κ3) is 5.85. The van der Waals surface area contributed by atoms with Crippen molar-refractivity contribution in [3.8, 4) is 11.8 Å². The van der Waals surface area contributed by atoms with Crippen LogP contribution in [0.5, 0.6) is 0 Å². The summed E-state index contributed by atoms with van der Waals surface area (Å²) in [6, 6.07) is 2.08. The Balaban J connectivity index is 1.88. The van der Waals surface area contributed by atoms with Gasteiger partial charge in [-0.25, -0.2) is 4.79 Å². The van der Waals surface area contributed by atoms with Gasteiger partial charge in [0.05, 0.1) is 12.1 Å². The van der Waals surface area contributed by atoms with Gasteiger partial charge in [0.15, 0.2) is 6.79 Å². The Kier molecular flexibility index (Phi) is 8.85. The number of hydrogen-bond donors (Lipinski definition) is 1. The summed E-state index contributed by atoms with van der Waals surface area (Å²) in [7, 11) is 1.66. The first-order chi connectivity index (χ1) is 16.3. The molecule has 0 amide bonds. The van der Waals surface area contributed by atoms with Gasteiger partial charge in [0.25, 0.3) is 0 Å². The predicted molar refractivity (Wildman–Crippen MR) is 135 cm³/mol. The van der Waals surface area contributed by atoms with Gasteiger partial charge in [-0.3, -0.25) is 0 Å². The van der Waals surface area contributed by atoms with Gasteiger partial charge in [-0.1, -0.05) is 25.2 Å². The fraction of sp³-hybridized carbons (Fsp3) is 0.552. The zero-order valence-electron chi connectivity index (χ0n) is 21.6. The lowest BCUT2D eigenvalue weighted by molar-refractivity contribution is -0.136. The molecule has 184 valence electrons. The summed E-state index contributed by atoms with van der Waals surface area (Å²) in [4.78, 5) is 11.7. The average molecular weight is 466 g/mol. The molecule has 0 saturated heterocycles. The number of hydrogen-bond acceptors (Lipinski definition) is 5. The lowest BCUT2D eigenvalue weighted by Crippen LogP contribution is -2.52. The number of dihydropyridines is 1. The molecule has 1 saturated carbocycles. The smallest absolute Gasteiger partial charge is 0.384 e. The van der Waals surface area contributed by atoms with Crippen LogP contribution in [0.4, 0.5) is 0 Å². The number of benzene rings is 1. The van der Waals surface area contributed by atoms with E-state index in [1.807, 2.05) is 0 Å². The second-order valence-electron chi connectivity index (χ2n) is 9.55. The van der Waals surface area contributed by atoms with Crippen LogP contribution in [0.2, 0.25) is 0 Å². The second-order valence-corrected chi connectivity index (χ2v) is 9.55. The molecule has 0 radical (unpaired) electrons. The van der Waals surface area contributed by atoms with Gasteiger partial charge >= 0.3 is 5.97 Å². The molecule has 0 bridgehead atoms. The van der Waals surface area contributed by atoms with Crippen LogP contribution >= 0.6 is 0 Å². The Morgan fingerprint density at radius 2 is 1.88 bits per heavy atom. The van der Waals surface area contributed by atoms with Crippen molar-refractivity contribution in [2.45, 2.75) is 78.7 Å². The monoisotopic (exact) mass is 465 g/mol. The molecule has 2 aliphatic rings. The first-order valence-electron chi connectivity index (χ1n) is 12.4. The van der Waals surface area contributed by atoms with E-state index in [1.165, 1.54) is 54.5 Å². The van der Waals surface area contributed by atoms with E-state index in [1.54, 1.807) is 14.0 Å². The molecule has 0 spiro atoms. The number of methoxy groups -OCH3 is 1. The number of carbonyl (C=O) groups is 1. The molecule has 1 unspecified atom stereocenters. The van der Waals surface area contributed by atoms with E-state index < -0.39 is 5.97 Å². The topological polar surface area (TPSA) is 56.8 Å². The Bertz CT molecular complexity index is 1020. The molecular weight excluding hydrogens is 426 g/mol. The molecule has 1 heterocycles. The molecule has 3 rings (SSSR count). The van der Waals surface area contributed by atoms with Crippen LogP contribution in [0.3, 0.4) is 0 Å². The lowest BCUT2D eigenvalue weighted by Gasteiger charge is -2.44. The van der Waals surface area contributed by atoms with Crippen molar-refractivity contribution in [1.29, 1.82) is 0 Å². The third-order valence-electron chi connectivity index (χ3n) is 7.32. The first-order valence-corrected chi connectivity index (χ1v) is 12.4. The summed E-state index contributed by atoms with van der Waals surface area (Å²) in [6.07, 6.45) is 11.3. The van der Waals surface area contributed by atoms with Crippen LogP contribution < -0.4 is 5.32 Å². The van der Waals surface area contributed by atoms with Gasteiger partial charge < -0.3 is 19.5 Å². The molecule has 1 aliphatic heterocycles. The maximum atomic E-state index is 11.7. The number of nitrogens with one attached hydrogen (secondary N) is 1. The van der Waals surface area contributed by atoms with E-state index in [2.05, 4.69) is 63.1 Å². The number of carbonyl (C=O) groups excluding carboxylic acids is 1. The molecule has 1 N–H and O–H groups in total. The van der Waals surface area contributed by atoms with Gasteiger partial charge in [-0.05, 0) is 93.9 Å². The van der Waals surface area contributed by atoms with Crippen molar-refractivity contribution in [3.05, 3.63) is 57.5 Å².